The lowest BCUT2D eigenvalue weighted by Crippen LogP contribution is -2.51. The first-order valence-corrected chi connectivity index (χ1v) is 13.5. The van der Waals surface area contributed by atoms with Gasteiger partial charge >= 0.3 is 0 Å². The Morgan fingerprint density at radius 3 is 2.38 bits per heavy atom. The lowest BCUT2D eigenvalue weighted by Gasteiger charge is -2.32. The molecule has 0 saturated carbocycles. The van der Waals surface area contributed by atoms with Gasteiger partial charge in [0.15, 0.2) is 0 Å². The number of sulfonamides is 1. The highest BCUT2D eigenvalue weighted by Gasteiger charge is 2.30. The van der Waals surface area contributed by atoms with Crippen molar-refractivity contribution >= 4 is 39.1 Å². The summed E-state index contributed by atoms with van der Waals surface area (Å²) >= 11 is 6.21. The molecule has 0 unspecified atom stereocenters. The summed E-state index contributed by atoms with van der Waals surface area (Å²) in [6.45, 7) is 7.58. The molecule has 0 saturated heterocycles. The molecule has 9 heteroatoms. The molecule has 2 aromatic rings. The van der Waals surface area contributed by atoms with Crippen molar-refractivity contribution in [2.45, 2.75) is 53.1 Å². The third kappa shape index (κ3) is 7.21. The summed E-state index contributed by atoms with van der Waals surface area (Å²) in [5.74, 6) is -0.758. The zero-order valence-electron chi connectivity index (χ0n) is 20.5. The molecule has 0 aliphatic carbocycles. The number of rotatable bonds is 11. The molecule has 1 atom stereocenters. The normalized spacial score (nSPS) is 12.2. The van der Waals surface area contributed by atoms with Gasteiger partial charge in [-0.2, -0.15) is 0 Å². The molecule has 34 heavy (non-hydrogen) atoms. The van der Waals surface area contributed by atoms with Crippen LogP contribution >= 0.6 is 11.6 Å². The number of anilines is 1. The number of benzene rings is 2. The lowest BCUT2D eigenvalue weighted by molar-refractivity contribution is -0.139. The number of carbonyl (C=O) groups is 2. The highest BCUT2D eigenvalue weighted by Crippen LogP contribution is 2.28. The molecule has 2 amide bonds. The van der Waals surface area contributed by atoms with Crippen molar-refractivity contribution in [3.8, 4) is 0 Å². The van der Waals surface area contributed by atoms with Crippen LogP contribution in [0, 0.1) is 13.8 Å². The van der Waals surface area contributed by atoms with E-state index in [9.17, 15) is 18.0 Å². The predicted octanol–water partition coefficient (Wildman–Crippen LogP) is 4.06. The number of amides is 2. The Kier molecular flexibility index (Phi) is 9.94. The van der Waals surface area contributed by atoms with Crippen LogP contribution in [-0.4, -0.2) is 50.5 Å². The maximum Gasteiger partial charge on any atom is 0.244 e. The number of unbranched alkanes of at least 4 members (excludes halogenated alkanes) is 1. The van der Waals surface area contributed by atoms with Crippen LogP contribution in [0.15, 0.2) is 42.5 Å². The lowest BCUT2D eigenvalue weighted by atomic mass is 10.1. The fourth-order valence-electron chi connectivity index (χ4n) is 3.55. The van der Waals surface area contributed by atoms with Crippen LogP contribution < -0.4 is 9.62 Å². The van der Waals surface area contributed by atoms with Crippen LogP contribution in [0.3, 0.4) is 0 Å². The van der Waals surface area contributed by atoms with E-state index in [0.29, 0.717) is 22.8 Å². The Balaban J connectivity index is 2.41. The number of hydrogen-bond acceptors (Lipinski definition) is 4. The molecule has 0 fully saturated rings. The van der Waals surface area contributed by atoms with Gasteiger partial charge in [0, 0.05) is 18.1 Å². The second kappa shape index (κ2) is 12.2. The Morgan fingerprint density at radius 2 is 1.76 bits per heavy atom. The molecule has 0 aromatic heterocycles. The number of aryl methyl sites for hydroxylation is 1. The van der Waals surface area contributed by atoms with Crippen molar-refractivity contribution in [1.29, 1.82) is 0 Å². The second-order valence-electron chi connectivity index (χ2n) is 8.42. The monoisotopic (exact) mass is 507 g/mol. The van der Waals surface area contributed by atoms with E-state index in [1.54, 1.807) is 32.0 Å². The maximum absolute atomic E-state index is 13.6. The van der Waals surface area contributed by atoms with Crippen LogP contribution in [0.4, 0.5) is 5.69 Å². The van der Waals surface area contributed by atoms with Gasteiger partial charge in [0.25, 0.3) is 0 Å². The Labute approximate surface area is 208 Å². The summed E-state index contributed by atoms with van der Waals surface area (Å²) in [5.41, 5.74) is 2.75. The third-order valence-electron chi connectivity index (χ3n) is 5.79. The van der Waals surface area contributed by atoms with E-state index in [1.807, 2.05) is 38.1 Å². The van der Waals surface area contributed by atoms with Crippen molar-refractivity contribution < 1.29 is 18.0 Å². The Morgan fingerprint density at radius 1 is 1.09 bits per heavy atom. The van der Waals surface area contributed by atoms with Gasteiger partial charge in [-0.05, 0) is 56.0 Å². The van der Waals surface area contributed by atoms with E-state index in [4.69, 9.17) is 11.6 Å². The summed E-state index contributed by atoms with van der Waals surface area (Å²) in [6.07, 6.45) is 2.82. The number of carbonyl (C=O) groups excluding carboxylic acids is 2. The Hall–Kier alpha value is -2.58. The summed E-state index contributed by atoms with van der Waals surface area (Å²) in [6, 6.07) is 11.7. The maximum atomic E-state index is 13.6. The zero-order valence-corrected chi connectivity index (χ0v) is 22.0. The highest BCUT2D eigenvalue weighted by molar-refractivity contribution is 7.92. The SMILES string of the molecule is CCCCNC(=O)[C@@H](C)N(Cc1ccccc1C)C(=O)CN(c1cccc(Cl)c1C)S(C)(=O)=O. The van der Waals surface area contributed by atoms with Gasteiger partial charge in [-0.15, -0.1) is 0 Å². The minimum Gasteiger partial charge on any atom is -0.354 e. The standard InChI is InChI=1S/C25H34ClN3O4S/c1-6-7-15-27-25(31)20(4)28(16-21-12-9-8-11-18(21)2)24(30)17-29(34(5,32)33)23-14-10-13-22(26)19(23)3/h8-14,20H,6-7,15-17H2,1-5H3,(H,27,31)/t20-/m1/s1. The largest absolute Gasteiger partial charge is 0.354 e. The number of hydrogen-bond donors (Lipinski definition) is 1. The van der Waals surface area contributed by atoms with Gasteiger partial charge in [0.1, 0.15) is 12.6 Å². The van der Waals surface area contributed by atoms with Crippen molar-refractivity contribution in [3.05, 3.63) is 64.2 Å². The quantitative estimate of drug-likeness (QED) is 0.465. The molecule has 0 aliphatic heterocycles. The van der Waals surface area contributed by atoms with E-state index >= 15 is 0 Å². The van der Waals surface area contributed by atoms with Crippen LogP contribution in [0.1, 0.15) is 43.4 Å². The average Bonchev–Trinajstić information content (AvgIpc) is 2.77. The number of nitrogens with zero attached hydrogens (tertiary/aromatic N) is 2. The summed E-state index contributed by atoms with van der Waals surface area (Å²) in [7, 11) is -3.80. The molecule has 0 radical (unpaired) electrons. The molecular formula is C25H34ClN3O4S. The first-order chi connectivity index (χ1) is 16.0. The molecule has 0 spiro atoms. The van der Waals surface area contributed by atoms with E-state index in [-0.39, 0.29) is 12.5 Å². The summed E-state index contributed by atoms with van der Waals surface area (Å²) in [5, 5.41) is 3.27. The smallest absolute Gasteiger partial charge is 0.244 e. The molecule has 0 bridgehead atoms. The number of nitrogens with one attached hydrogen (secondary N) is 1. The molecule has 2 aromatic carbocycles. The Bertz CT molecular complexity index is 1120. The third-order valence-corrected chi connectivity index (χ3v) is 7.32. The van der Waals surface area contributed by atoms with Gasteiger partial charge in [-0.25, -0.2) is 8.42 Å². The predicted molar refractivity (Wildman–Crippen MR) is 137 cm³/mol. The first kappa shape index (κ1) is 27.7. The van der Waals surface area contributed by atoms with Gasteiger partial charge in [-0.1, -0.05) is 55.3 Å². The van der Waals surface area contributed by atoms with Crippen LogP contribution in [0.2, 0.25) is 5.02 Å². The zero-order chi connectivity index (χ0) is 25.5. The van der Waals surface area contributed by atoms with E-state index in [1.165, 1.54) is 4.90 Å². The van der Waals surface area contributed by atoms with Crippen LogP contribution in [-0.2, 0) is 26.2 Å². The summed E-state index contributed by atoms with van der Waals surface area (Å²) < 4.78 is 26.4. The fourth-order valence-corrected chi connectivity index (χ4v) is 4.62. The minimum atomic E-state index is -3.80. The molecule has 0 heterocycles. The van der Waals surface area contributed by atoms with Crippen molar-refractivity contribution in [3.63, 3.8) is 0 Å². The molecule has 186 valence electrons. The molecule has 0 aliphatic rings. The van der Waals surface area contributed by atoms with Gasteiger partial charge < -0.3 is 10.2 Å². The van der Waals surface area contributed by atoms with E-state index in [2.05, 4.69) is 5.32 Å². The first-order valence-electron chi connectivity index (χ1n) is 11.3. The topological polar surface area (TPSA) is 86.8 Å². The average molecular weight is 508 g/mol. The second-order valence-corrected chi connectivity index (χ2v) is 10.7. The number of halogens is 1. The molecule has 2 rings (SSSR count). The molecule has 7 nitrogen and oxygen atoms in total. The van der Waals surface area contributed by atoms with E-state index in [0.717, 1.165) is 34.5 Å². The fraction of sp³-hybridized carbons (Fsp3) is 0.440. The summed E-state index contributed by atoms with van der Waals surface area (Å²) in [4.78, 5) is 27.8. The van der Waals surface area contributed by atoms with Gasteiger partial charge in [0.2, 0.25) is 21.8 Å². The molecular weight excluding hydrogens is 474 g/mol. The van der Waals surface area contributed by atoms with Crippen LogP contribution in [0.5, 0.6) is 0 Å². The van der Waals surface area contributed by atoms with E-state index < -0.39 is 28.5 Å². The minimum absolute atomic E-state index is 0.181. The van der Waals surface area contributed by atoms with Crippen molar-refractivity contribution in [2.75, 3.05) is 23.7 Å². The van der Waals surface area contributed by atoms with Gasteiger partial charge in [0.05, 0.1) is 11.9 Å². The highest BCUT2D eigenvalue weighted by atomic mass is 35.5. The van der Waals surface area contributed by atoms with Gasteiger partial charge in [-0.3, -0.25) is 13.9 Å². The van der Waals surface area contributed by atoms with Crippen LogP contribution in [0.25, 0.3) is 0 Å². The van der Waals surface area contributed by atoms with Crippen molar-refractivity contribution in [2.24, 2.45) is 0 Å². The van der Waals surface area contributed by atoms with Crippen molar-refractivity contribution in [1.82, 2.24) is 10.2 Å². The molecule has 1 N–H and O–H groups in total.